The summed E-state index contributed by atoms with van der Waals surface area (Å²) in [6.45, 7) is 2.40. The van der Waals surface area contributed by atoms with Gasteiger partial charge in [0.15, 0.2) is 0 Å². The second kappa shape index (κ2) is 4.91. The molecule has 2 unspecified atom stereocenters. The zero-order valence-corrected chi connectivity index (χ0v) is 11.1. The molecule has 2 aliphatic rings. The molecule has 3 rings (SSSR count). The van der Waals surface area contributed by atoms with Crippen molar-refractivity contribution in [2.24, 2.45) is 5.92 Å². The highest BCUT2D eigenvalue weighted by molar-refractivity contribution is 7.99. The molecule has 2 nitrogen and oxygen atoms in total. The molecule has 17 heavy (non-hydrogen) atoms. The van der Waals surface area contributed by atoms with E-state index >= 15 is 0 Å². The summed E-state index contributed by atoms with van der Waals surface area (Å²) < 4.78 is 5.19. The van der Waals surface area contributed by atoms with Gasteiger partial charge in [-0.25, -0.2) is 0 Å². The van der Waals surface area contributed by atoms with Gasteiger partial charge in [0.05, 0.1) is 7.11 Å². The Hall–Kier alpha value is -0.670. The largest absolute Gasteiger partial charge is 0.497 e. The van der Waals surface area contributed by atoms with Crippen LogP contribution >= 0.6 is 11.8 Å². The van der Waals surface area contributed by atoms with Crippen LogP contribution in [-0.4, -0.2) is 36.1 Å². The van der Waals surface area contributed by atoms with Crippen LogP contribution in [-0.2, 0) is 6.54 Å². The normalized spacial score (nSPS) is 28.3. The highest BCUT2D eigenvalue weighted by Crippen LogP contribution is 2.34. The lowest BCUT2D eigenvalue weighted by Gasteiger charge is -2.24. The standard InChI is InChI=1S/C14H19NOS/c1-16-14-4-2-11(3-5-14)7-15-8-12-6-13(15)10-17-9-12/h2-5,12-13H,6-10H2,1H3. The molecule has 0 aromatic heterocycles. The van der Waals surface area contributed by atoms with Crippen molar-refractivity contribution < 1.29 is 4.74 Å². The van der Waals surface area contributed by atoms with Gasteiger partial charge in [0.1, 0.15) is 5.75 Å². The third-order valence-electron chi connectivity index (χ3n) is 3.82. The average Bonchev–Trinajstić information content (AvgIpc) is 2.65. The first-order valence-corrected chi connectivity index (χ1v) is 7.45. The number of likely N-dealkylation sites (tertiary alicyclic amines) is 1. The van der Waals surface area contributed by atoms with Crippen LogP contribution in [0, 0.1) is 5.92 Å². The summed E-state index contributed by atoms with van der Waals surface area (Å²) in [4.78, 5) is 2.66. The molecule has 2 heterocycles. The monoisotopic (exact) mass is 249 g/mol. The Bertz CT molecular complexity index is 378. The first-order chi connectivity index (χ1) is 8.35. The van der Waals surface area contributed by atoms with Crippen molar-refractivity contribution in [3.05, 3.63) is 29.8 Å². The number of nitrogens with zero attached hydrogens (tertiary/aromatic N) is 1. The van der Waals surface area contributed by atoms with E-state index in [0.29, 0.717) is 0 Å². The predicted molar refractivity (Wildman–Crippen MR) is 72.6 cm³/mol. The molecule has 2 saturated heterocycles. The van der Waals surface area contributed by atoms with Crippen molar-refractivity contribution in [2.45, 2.75) is 19.0 Å². The summed E-state index contributed by atoms with van der Waals surface area (Å²) >= 11 is 2.13. The second-order valence-electron chi connectivity index (χ2n) is 5.07. The molecule has 1 aromatic carbocycles. The zero-order valence-electron chi connectivity index (χ0n) is 10.3. The quantitative estimate of drug-likeness (QED) is 0.817. The van der Waals surface area contributed by atoms with E-state index in [1.807, 2.05) is 0 Å². The number of ether oxygens (including phenoxy) is 1. The van der Waals surface area contributed by atoms with Gasteiger partial charge in [-0.15, -0.1) is 0 Å². The molecule has 2 fully saturated rings. The Morgan fingerprint density at radius 3 is 2.82 bits per heavy atom. The minimum atomic E-state index is 0.820. The van der Waals surface area contributed by atoms with Crippen molar-refractivity contribution in [3.63, 3.8) is 0 Å². The lowest BCUT2D eigenvalue weighted by Crippen LogP contribution is -2.30. The van der Waals surface area contributed by atoms with Gasteiger partial charge in [0, 0.05) is 24.9 Å². The van der Waals surface area contributed by atoms with Crippen LogP contribution < -0.4 is 4.74 Å². The Morgan fingerprint density at radius 1 is 1.29 bits per heavy atom. The van der Waals surface area contributed by atoms with Crippen molar-refractivity contribution in [1.82, 2.24) is 4.90 Å². The number of thioether (sulfide) groups is 1. The first-order valence-electron chi connectivity index (χ1n) is 6.30. The van der Waals surface area contributed by atoms with E-state index in [0.717, 1.165) is 24.3 Å². The topological polar surface area (TPSA) is 12.5 Å². The Labute approximate surface area is 107 Å². The zero-order chi connectivity index (χ0) is 11.7. The van der Waals surface area contributed by atoms with Gasteiger partial charge in [-0.2, -0.15) is 11.8 Å². The molecular weight excluding hydrogens is 230 g/mol. The maximum atomic E-state index is 5.19. The molecule has 3 heteroatoms. The number of benzene rings is 1. The molecular formula is C14H19NOS. The fourth-order valence-corrected chi connectivity index (χ4v) is 4.24. The highest BCUT2D eigenvalue weighted by atomic mass is 32.2. The van der Waals surface area contributed by atoms with E-state index in [-0.39, 0.29) is 0 Å². The minimum Gasteiger partial charge on any atom is -0.497 e. The average molecular weight is 249 g/mol. The van der Waals surface area contributed by atoms with Crippen LogP contribution in [0.5, 0.6) is 5.75 Å². The number of fused-ring (bicyclic) bond motifs is 2. The van der Waals surface area contributed by atoms with Gasteiger partial charge < -0.3 is 4.74 Å². The summed E-state index contributed by atoms with van der Waals surface area (Å²) in [5, 5.41) is 0. The molecule has 0 spiro atoms. The van der Waals surface area contributed by atoms with E-state index in [1.54, 1.807) is 7.11 Å². The fourth-order valence-electron chi connectivity index (χ4n) is 2.91. The molecule has 0 saturated carbocycles. The van der Waals surface area contributed by atoms with E-state index in [2.05, 4.69) is 40.9 Å². The summed E-state index contributed by atoms with van der Waals surface area (Å²) in [5.74, 6) is 4.59. The molecule has 92 valence electrons. The summed E-state index contributed by atoms with van der Waals surface area (Å²) in [6, 6.07) is 9.32. The van der Waals surface area contributed by atoms with Gasteiger partial charge in [-0.05, 0) is 35.8 Å². The summed E-state index contributed by atoms with van der Waals surface area (Å²) in [6.07, 6.45) is 1.42. The lowest BCUT2D eigenvalue weighted by molar-refractivity contribution is 0.262. The molecule has 0 radical (unpaired) electrons. The number of hydrogen-bond acceptors (Lipinski definition) is 3. The van der Waals surface area contributed by atoms with E-state index in [9.17, 15) is 0 Å². The van der Waals surface area contributed by atoms with Crippen molar-refractivity contribution in [2.75, 3.05) is 25.2 Å². The maximum absolute atomic E-state index is 5.19. The Kier molecular flexibility index (Phi) is 3.30. The van der Waals surface area contributed by atoms with Crippen LogP contribution in [0.25, 0.3) is 0 Å². The molecule has 0 aliphatic carbocycles. The van der Waals surface area contributed by atoms with Crippen LogP contribution in [0.3, 0.4) is 0 Å². The SMILES string of the molecule is COc1ccc(CN2CC3CSCC2C3)cc1. The molecule has 2 aliphatic heterocycles. The highest BCUT2D eigenvalue weighted by Gasteiger charge is 2.35. The minimum absolute atomic E-state index is 0.820. The lowest BCUT2D eigenvalue weighted by atomic mass is 10.1. The van der Waals surface area contributed by atoms with Gasteiger partial charge in [0.25, 0.3) is 0 Å². The molecule has 2 atom stereocenters. The predicted octanol–water partition coefficient (Wildman–Crippen LogP) is 2.63. The van der Waals surface area contributed by atoms with Crippen molar-refractivity contribution >= 4 is 11.8 Å². The van der Waals surface area contributed by atoms with E-state index in [4.69, 9.17) is 4.74 Å². The smallest absolute Gasteiger partial charge is 0.118 e. The molecule has 0 amide bonds. The molecule has 0 N–H and O–H groups in total. The maximum Gasteiger partial charge on any atom is 0.118 e. The summed E-state index contributed by atoms with van der Waals surface area (Å²) in [5.41, 5.74) is 1.41. The Balaban J connectivity index is 1.66. The first kappa shape index (κ1) is 11.4. The second-order valence-corrected chi connectivity index (χ2v) is 6.15. The third kappa shape index (κ3) is 2.45. The van der Waals surface area contributed by atoms with Crippen LogP contribution in [0.15, 0.2) is 24.3 Å². The molecule has 1 aromatic rings. The van der Waals surface area contributed by atoms with Gasteiger partial charge in [0.2, 0.25) is 0 Å². The van der Waals surface area contributed by atoms with E-state index < -0.39 is 0 Å². The van der Waals surface area contributed by atoms with Crippen molar-refractivity contribution in [3.8, 4) is 5.75 Å². The Morgan fingerprint density at radius 2 is 2.12 bits per heavy atom. The fraction of sp³-hybridized carbons (Fsp3) is 0.571. The van der Waals surface area contributed by atoms with Crippen molar-refractivity contribution in [1.29, 1.82) is 0 Å². The number of methoxy groups -OCH3 is 1. The van der Waals surface area contributed by atoms with Gasteiger partial charge in [-0.3, -0.25) is 4.90 Å². The number of hydrogen-bond donors (Lipinski definition) is 0. The van der Waals surface area contributed by atoms with Gasteiger partial charge >= 0.3 is 0 Å². The van der Waals surface area contributed by atoms with Gasteiger partial charge in [-0.1, -0.05) is 12.1 Å². The van der Waals surface area contributed by atoms with Crippen LogP contribution in [0.1, 0.15) is 12.0 Å². The summed E-state index contributed by atoms with van der Waals surface area (Å²) in [7, 11) is 1.72. The van der Waals surface area contributed by atoms with E-state index in [1.165, 1.54) is 30.0 Å². The van der Waals surface area contributed by atoms with Crippen LogP contribution in [0.4, 0.5) is 0 Å². The number of rotatable bonds is 3. The molecule has 2 bridgehead atoms. The third-order valence-corrected chi connectivity index (χ3v) is 5.15. The van der Waals surface area contributed by atoms with Crippen LogP contribution in [0.2, 0.25) is 0 Å².